The third kappa shape index (κ3) is 3.51. The van der Waals surface area contributed by atoms with Gasteiger partial charge in [0.2, 0.25) is 5.88 Å². The van der Waals surface area contributed by atoms with Gasteiger partial charge < -0.3 is 14.2 Å². The SMILES string of the molecule is CN(C)CCCn1cnc2c(c1=N)[C@H](c1ccccc1)c1c(ccc3ccccc13)O2. The Bertz CT molecular complexity index is 1290. The van der Waals surface area contributed by atoms with E-state index in [-0.39, 0.29) is 5.92 Å². The summed E-state index contributed by atoms with van der Waals surface area (Å²) in [4.78, 5) is 6.80. The van der Waals surface area contributed by atoms with Crippen LogP contribution in [0.4, 0.5) is 0 Å². The topological polar surface area (TPSA) is 54.1 Å². The second kappa shape index (κ2) is 8.00. The van der Waals surface area contributed by atoms with Crippen LogP contribution < -0.4 is 10.2 Å². The van der Waals surface area contributed by atoms with E-state index in [2.05, 4.69) is 78.6 Å². The molecule has 1 N–H and O–H groups in total. The van der Waals surface area contributed by atoms with Crippen LogP contribution in [-0.2, 0) is 6.54 Å². The summed E-state index contributed by atoms with van der Waals surface area (Å²) in [6, 6.07) is 22.9. The monoisotopic (exact) mass is 410 g/mol. The largest absolute Gasteiger partial charge is 0.438 e. The molecule has 0 fully saturated rings. The number of aryl methyl sites for hydroxylation is 1. The summed E-state index contributed by atoms with van der Waals surface area (Å²) in [6.07, 6.45) is 2.70. The zero-order chi connectivity index (χ0) is 21.4. The van der Waals surface area contributed by atoms with Gasteiger partial charge in [-0.2, -0.15) is 0 Å². The second-order valence-electron chi connectivity index (χ2n) is 8.31. The van der Waals surface area contributed by atoms with Gasteiger partial charge in [0.1, 0.15) is 17.6 Å². The first-order chi connectivity index (χ1) is 15.1. The van der Waals surface area contributed by atoms with E-state index < -0.39 is 0 Å². The summed E-state index contributed by atoms with van der Waals surface area (Å²) >= 11 is 0. The van der Waals surface area contributed by atoms with E-state index in [4.69, 9.17) is 10.1 Å². The molecule has 3 aromatic carbocycles. The van der Waals surface area contributed by atoms with E-state index in [0.29, 0.717) is 11.4 Å². The van der Waals surface area contributed by atoms with E-state index in [0.717, 1.165) is 47.3 Å². The average Bonchev–Trinajstić information content (AvgIpc) is 2.79. The molecule has 0 radical (unpaired) electrons. The molecular weight excluding hydrogens is 384 g/mol. The fourth-order valence-electron chi connectivity index (χ4n) is 4.46. The molecule has 31 heavy (non-hydrogen) atoms. The van der Waals surface area contributed by atoms with Crippen molar-refractivity contribution in [3.05, 3.63) is 95.2 Å². The molecule has 0 aliphatic carbocycles. The van der Waals surface area contributed by atoms with Gasteiger partial charge >= 0.3 is 0 Å². The first-order valence-electron chi connectivity index (χ1n) is 10.7. The van der Waals surface area contributed by atoms with Crippen molar-refractivity contribution in [2.24, 2.45) is 0 Å². The molecule has 0 spiro atoms. The van der Waals surface area contributed by atoms with Gasteiger partial charge in [0.05, 0.1) is 5.56 Å². The van der Waals surface area contributed by atoms with Crippen LogP contribution in [-0.4, -0.2) is 35.1 Å². The number of nitrogens with zero attached hydrogens (tertiary/aromatic N) is 3. The van der Waals surface area contributed by atoms with E-state index >= 15 is 0 Å². The zero-order valence-electron chi connectivity index (χ0n) is 17.9. The summed E-state index contributed by atoms with van der Waals surface area (Å²) < 4.78 is 8.21. The van der Waals surface area contributed by atoms with Crippen LogP contribution in [0.5, 0.6) is 11.6 Å². The van der Waals surface area contributed by atoms with E-state index in [9.17, 15) is 0 Å². The van der Waals surface area contributed by atoms with Gasteiger partial charge in [-0.15, -0.1) is 0 Å². The summed E-state index contributed by atoms with van der Waals surface area (Å²) in [7, 11) is 4.14. The molecule has 1 atom stereocenters. The van der Waals surface area contributed by atoms with Gasteiger partial charge in [0.25, 0.3) is 0 Å². The predicted molar refractivity (Wildman–Crippen MR) is 123 cm³/mol. The van der Waals surface area contributed by atoms with Crippen LogP contribution in [0.2, 0.25) is 0 Å². The van der Waals surface area contributed by atoms with E-state index in [1.807, 2.05) is 16.7 Å². The number of hydrogen-bond donors (Lipinski definition) is 1. The van der Waals surface area contributed by atoms with Gasteiger partial charge in [-0.05, 0) is 49.5 Å². The first-order valence-corrected chi connectivity index (χ1v) is 10.7. The molecule has 5 heteroatoms. The lowest BCUT2D eigenvalue weighted by molar-refractivity contribution is 0.379. The number of benzene rings is 3. The van der Waals surface area contributed by atoms with Crippen LogP contribution in [0.3, 0.4) is 0 Å². The maximum atomic E-state index is 9.07. The maximum absolute atomic E-state index is 9.07. The third-order valence-corrected chi connectivity index (χ3v) is 5.94. The minimum Gasteiger partial charge on any atom is -0.438 e. The number of hydrogen-bond acceptors (Lipinski definition) is 4. The highest BCUT2D eigenvalue weighted by Crippen LogP contribution is 2.47. The Morgan fingerprint density at radius 1 is 0.968 bits per heavy atom. The molecule has 0 bridgehead atoms. The summed E-state index contributed by atoms with van der Waals surface area (Å²) in [5, 5.41) is 11.4. The van der Waals surface area contributed by atoms with Crippen molar-refractivity contribution in [2.45, 2.75) is 18.9 Å². The quantitative estimate of drug-likeness (QED) is 0.455. The molecule has 5 nitrogen and oxygen atoms in total. The van der Waals surface area contributed by atoms with Gasteiger partial charge in [0.15, 0.2) is 0 Å². The maximum Gasteiger partial charge on any atom is 0.228 e. The predicted octanol–water partition coefficient (Wildman–Crippen LogP) is 4.75. The standard InChI is InChI=1S/C26H26N4O/c1-29(2)15-8-16-30-17-28-26-24(25(30)27)22(19-10-4-3-5-11-19)23-20-12-7-6-9-18(20)13-14-21(23)31-26/h3-7,9-14,17,22,27H,8,15-16H2,1-2H3/t22-/m1/s1. The Hall–Kier alpha value is -3.44. The number of rotatable bonds is 5. The molecule has 0 amide bonds. The molecule has 156 valence electrons. The molecule has 0 saturated heterocycles. The molecule has 1 aromatic heterocycles. The number of nitrogens with one attached hydrogen (secondary N) is 1. The summed E-state index contributed by atoms with van der Waals surface area (Å²) in [5.74, 6) is 1.25. The van der Waals surface area contributed by atoms with Crippen molar-refractivity contribution >= 4 is 10.8 Å². The summed E-state index contributed by atoms with van der Waals surface area (Å²) in [5.41, 5.74) is 3.56. The number of ether oxygens (including phenoxy) is 1. The molecule has 4 aromatic rings. The van der Waals surface area contributed by atoms with Crippen molar-refractivity contribution in [1.29, 1.82) is 5.41 Å². The highest BCUT2D eigenvalue weighted by Gasteiger charge is 2.33. The number of aromatic nitrogens is 2. The molecule has 1 aliphatic rings. The smallest absolute Gasteiger partial charge is 0.228 e. The van der Waals surface area contributed by atoms with Crippen molar-refractivity contribution in [3.8, 4) is 11.6 Å². The molecular formula is C26H26N4O. The van der Waals surface area contributed by atoms with Gasteiger partial charge in [-0.25, -0.2) is 4.98 Å². The van der Waals surface area contributed by atoms with Crippen molar-refractivity contribution in [3.63, 3.8) is 0 Å². The molecule has 5 rings (SSSR count). The van der Waals surface area contributed by atoms with Crippen LogP contribution >= 0.6 is 0 Å². The summed E-state index contributed by atoms with van der Waals surface area (Å²) in [6.45, 7) is 1.72. The Morgan fingerprint density at radius 2 is 1.74 bits per heavy atom. The van der Waals surface area contributed by atoms with Crippen molar-refractivity contribution in [1.82, 2.24) is 14.5 Å². The highest BCUT2D eigenvalue weighted by atomic mass is 16.5. The molecule has 2 heterocycles. The van der Waals surface area contributed by atoms with Crippen molar-refractivity contribution in [2.75, 3.05) is 20.6 Å². The normalized spacial score (nSPS) is 14.9. The fraction of sp³-hybridized carbons (Fsp3) is 0.231. The average molecular weight is 411 g/mol. The second-order valence-corrected chi connectivity index (χ2v) is 8.31. The lowest BCUT2D eigenvalue weighted by Crippen LogP contribution is -2.30. The van der Waals surface area contributed by atoms with Gasteiger partial charge in [-0.3, -0.25) is 5.41 Å². The fourth-order valence-corrected chi connectivity index (χ4v) is 4.46. The lowest BCUT2D eigenvalue weighted by atomic mass is 9.81. The Balaban J connectivity index is 1.72. The van der Waals surface area contributed by atoms with Crippen LogP contribution in [0.25, 0.3) is 10.8 Å². The Labute approximate surface area is 182 Å². The first kappa shape index (κ1) is 19.5. The lowest BCUT2D eigenvalue weighted by Gasteiger charge is -2.29. The molecule has 0 unspecified atom stereocenters. The van der Waals surface area contributed by atoms with Gasteiger partial charge in [0, 0.05) is 18.0 Å². The molecule has 1 aliphatic heterocycles. The Kier molecular flexibility index (Phi) is 5.04. The van der Waals surface area contributed by atoms with E-state index in [1.165, 1.54) is 5.39 Å². The van der Waals surface area contributed by atoms with Gasteiger partial charge in [-0.1, -0.05) is 60.7 Å². The van der Waals surface area contributed by atoms with E-state index in [1.54, 1.807) is 6.33 Å². The highest BCUT2D eigenvalue weighted by molar-refractivity contribution is 5.90. The van der Waals surface area contributed by atoms with Crippen LogP contribution in [0, 0.1) is 5.41 Å². The number of fused-ring (bicyclic) bond motifs is 4. The Morgan fingerprint density at radius 3 is 2.55 bits per heavy atom. The van der Waals surface area contributed by atoms with Crippen LogP contribution in [0.1, 0.15) is 29.0 Å². The minimum absolute atomic E-state index is 0.104. The minimum atomic E-state index is -0.104. The van der Waals surface area contributed by atoms with Crippen LogP contribution in [0.15, 0.2) is 73.1 Å². The third-order valence-electron chi connectivity index (χ3n) is 5.94. The zero-order valence-corrected chi connectivity index (χ0v) is 17.9. The molecule has 0 saturated carbocycles. The van der Waals surface area contributed by atoms with Crippen molar-refractivity contribution < 1.29 is 4.74 Å².